The van der Waals surface area contributed by atoms with Crippen molar-refractivity contribution in [3.8, 4) is 11.1 Å². The van der Waals surface area contributed by atoms with Crippen molar-refractivity contribution in [1.82, 2.24) is 10.3 Å². The molecule has 1 heterocycles. The van der Waals surface area contributed by atoms with Crippen LogP contribution in [0.2, 0.25) is 10.0 Å². The van der Waals surface area contributed by atoms with E-state index in [1.54, 1.807) is 6.07 Å². The van der Waals surface area contributed by atoms with Crippen LogP contribution in [-0.2, 0) is 6.54 Å². The second-order valence-corrected chi connectivity index (χ2v) is 5.77. The summed E-state index contributed by atoms with van der Waals surface area (Å²) in [5.74, 6) is 0. The Morgan fingerprint density at radius 3 is 2.42 bits per heavy atom. The summed E-state index contributed by atoms with van der Waals surface area (Å²) in [6, 6.07) is 8.37. The van der Waals surface area contributed by atoms with Gasteiger partial charge in [-0.25, -0.2) is 0 Å². The Labute approximate surface area is 122 Å². The van der Waals surface area contributed by atoms with Gasteiger partial charge in [-0.2, -0.15) is 0 Å². The van der Waals surface area contributed by atoms with Crippen molar-refractivity contribution in [2.75, 3.05) is 0 Å². The fraction of sp³-hybridized carbons (Fsp3) is 0.267. The smallest absolute Gasteiger partial charge is 0.0426 e. The second-order valence-electron chi connectivity index (χ2n) is 4.90. The van der Waals surface area contributed by atoms with Crippen molar-refractivity contribution >= 4 is 23.2 Å². The van der Waals surface area contributed by atoms with Crippen LogP contribution >= 0.6 is 23.2 Å². The Bertz CT molecular complexity index is 574. The number of nitrogens with one attached hydrogen (secondary N) is 1. The lowest BCUT2D eigenvalue weighted by Crippen LogP contribution is -2.15. The summed E-state index contributed by atoms with van der Waals surface area (Å²) in [5.41, 5.74) is 3.22. The number of nitrogens with zero attached hydrogens (tertiary/aromatic N) is 1. The van der Waals surface area contributed by atoms with Crippen LogP contribution in [0.3, 0.4) is 0 Å². The van der Waals surface area contributed by atoms with E-state index in [-0.39, 0.29) is 0 Å². The van der Waals surface area contributed by atoms with Crippen LogP contribution in [0, 0.1) is 0 Å². The van der Waals surface area contributed by atoms with Crippen molar-refractivity contribution < 1.29 is 0 Å². The minimum absolute atomic E-state index is 0.643. The van der Waals surface area contributed by atoms with E-state index in [9.17, 15) is 0 Å². The molecule has 1 aromatic carbocycles. The fourth-order valence-corrected chi connectivity index (χ4v) is 2.54. The van der Waals surface area contributed by atoms with E-state index in [1.165, 1.54) is 18.4 Å². The molecular formula is C15H14Cl2N2. The molecule has 0 unspecified atom stereocenters. The molecule has 1 aromatic heterocycles. The molecule has 0 amide bonds. The first-order valence-corrected chi connectivity index (χ1v) is 7.10. The lowest BCUT2D eigenvalue weighted by atomic mass is 10.1. The zero-order chi connectivity index (χ0) is 13.2. The lowest BCUT2D eigenvalue weighted by Gasteiger charge is -2.07. The van der Waals surface area contributed by atoms with Crippen LogP contribution in [0.15, 0.2) is 36.7 Å². The fourth-order valence-electron chi connectivity index (χ4n) is 2.01. The molecular weight excluding hydrogens is 279 g/mol. The Balaban J connectivity index is 1.84. The molecule has 0 aliphatic heterocycles. The van der Waals surface area contributed by atoms with Gasteiger partial charge in [-0.05, 0) is 48.2 Å². The molecule has 3 rings (SSSR count). The average Bonchev–Trinajstić information content (AvgIpc) is 3.20. The Morgan fingerprint density at radius 2 is 1.74 bits per heavy atom. The average molecular weight is 293 g/mol. The third kappa shape index (κ3) is 3.47. The number of hydrogen-bond acceptors (Lipinski definition) is 2. The molecule has 2 nitrogen and oxygen atoms in total. The highest BCUT2D eigenvalue weighted by atomic mass is 35.5. The molecule has 1 aliphatic rings. The van der Waals surface area contributed by atoms with Crippen LogP contribution in [0.4, 0.5) is 0 Å². The van der Waals surface area contributed by atoms with E-state index in [0.717, 1.165) is 17.7 Å². The molecule has 0 radical (unpaired) electrons. The van der Waals surface area contributed by atoms with Crippen LogP contribution in [-0.4, -0.2) is 11.0 Å². The van der Waals surface area contributed by atoms with Gasteiger partial charge in [0.1, 0.15) is 0 Å². The first kappa shape index (κ1) is 12.9. The third-order valence-corrected chi connectivity index (χ3v) is 3.60. The number of aromatic nitrogens is 1. The first-order valence-electron chi connectivity index (χ1n) is 6.34. The normalized spacial score (nSPS) is 14.6. The van der Waals surface area contributed by atoms with Gasteiger partial charge in [0.15, 0.2) is 0 Å². The van der Waals surface area contributed by atoms with E-state index >= 15 is 0 Å². The van der Waals surface area contributed by atoms with Gasteiger partial charge in [0.25, 0.3) is 0 Å². The number of hydrogen-bond donors (Lipinski definition) is 1. The first-order chi connectivity index (χ1) is 9.20. The van der Waals surface area contributed by atoms with Crippen LogP contribution < -0.4 is 5.32 Å². The van der Waals surface area contributed by atoms with E-state index in [2.05, 4.69) is 16.4 Å². The monoisotopic (exact) mass is 292 g/mol. The summed E-state index contributed by atoms with van der Waals surface area (Å²) in [7, 11) is 0. The van der Waals surface area contributed by atoms with Gasteiger partial charge < -0.3 is 5.32 Å². The molecule has 2 aromatic rings. The molecule has 0 atom stereocenters. The maximum Gasteiger partial charge on any atom is 0.0426 e. The summed E-state index contributed by atoms with van der Waals surface area (Å²) < 4.78 is 0. The van der Waals surface area contributed by atoms with Crippen molar-refractivity contribution in [1.29, 1.82) is 0 Å². The zero-order valence-corrected chi connectivity index (χ0v) is 11.9. The van der Waals surface area contributed by atoms with Crippen LogP contribution in [0.5, 0.6) is 0 Å². The summed E-state index contributed by atoms with van der Waals surface area (Å²) in [6.45, 7) is 0.861. The highest BCUT2D eigenvalue weighted by Gasteiger charge is 2.19. The van der Waals surface area contributed by atoms with Crippen molar-refractivity contribution in [2.45, 2.75) is 25.4 Å². The Kier molecular flexibility index (Phi) is 3.74. The number of benzene rings is 1. The molecule has 1 N–H and O–H groups in total. The van der Waals surface area contributed by atoms with Gasteiger partial charge in [0.05, 0.1) is 0 Å². The van der Waals surface area contributed by atoms with Gasteiger partial charge >= 0.3 is 0 Å². The Hall–Kier alpha value is -1.09. The van der Waals surface area contributed by atoms with E-state index < -0.39 is 0 Å². The van der Waals surface area contributed by atoms with Crippen LogP contribution in [0.25, 0.3) is 11.1 Å². The quantitative estimate of drug-likeness (QED) is 0.908. The highest BCUT2D eigenvalue weighted by Crippen LogP contribution is 2.27. The molecule has 1 saturated carbocycles. The predicted molar refractivity (Wildman–Crippen MR) is 79.6 cm³/mol. The van der Waals surface area contributed by atoms with Crippen LogP contribution in [0.1, 0.15) is 18.4 Å². The second kappa shape index (κ2) is 5.49. The van der Waals surface area contributed by atoms with Crippen molar-refractivity contribution in [3.63, 3.8) is 0 Å². The summed E-state index contributed by atoms with van der Waals surface area (Å²) in [5, 5.41) is 4.77. The highest BCUT2D eigenvalue weighted by molar-refractivity contribution is 6.35. The summed E-state index contributed by atoms with van der Waals surface area (Å²) in [4.78, 5) is 4.29. The lowest BCUT2D eigenvalue weighted by molar-refractivity contribution is 0.686. The molecule has 19 heavy (non-hydrogen) atoms. The van der Waals surface area contributed by atoms with Crippen molar-refractivity contribution in [2.24, 2.45) is 0 Å². The largest absolute Gasteiger partial charge is 0.310 e. The summed E-state index contributed by atoms with van der Waals surface area (Å²) in [6.07, 6.45) is 6.31. The van der Waals surface area contributed by atoms with Gasteiger partial charge in [-0.3, -0.25) is 4.98 Å². The molecule has 98 valence electrons. The van der Waals surface area contributed by atoms with Crippen molar-refractivity contribution in [3.05, 3.63) is 52.3 Å². The molecule has 1 fully saturated rings. The molecule has 0 bridgehead atoms. The zero-order valence-electron chi connectivity index (χ0n) is 10.4. The Morgan fingerprint density at radius 1 is 1.00 bits per heavy atom. The van der Waals surface area contributed by atoms with E-state index in [0.29, 0.717) is 16.1 Å². The SMILES string of the molecule is Clc1cc(Cl)cc(-c2cncc(CNC3CC3)c2)c1. The minimum Gasteiger partial charge on any atom is -0.310 e. The minimum atomic E-state index is 0.643. The molecule has 0 spiro atoms. The maximum absolute atomic E-state index is 6.03. The number of rotatable bonds is 4. The topological polar surface area (TPSA) is 24.9 Å². The number of pyridine rings is 1. The van der Waals surface area contributed by atoms with E-state index in [1.807, 2.05) is 24.5 Å². The van der Waals surface area contributed by atoms with Gasteiger partial charge in [0, 0.05) is 40.6 Å². The molecule has 4 heteroatoms. The predicted octanol–water partition coefficient (Wildman–Crippen LogP) is 4.31. The maximum atomic E-state index is 6.03. The standard InChI is InChI=1S/C15H14Cl2N2/c16-13-4-11(5-14(17)6-13)12-3-10(7-18-9-12)8-19-15-1-2-15/h3-7,9,15,19H,1-2,8H2. The number of halogens is 2. The molecule has 0 saturated heterocycles. The van der Waals surface area contributed by atoms with Gasteiger partial charge in [-0.1, -0.05) is 23.2 Å². The third-order valence-electron chi connectivity index (χ3n) is 3.16. The van der Waals surface area contributed by atoms with E-state index in [4.69, 9.17) is 23.2 Å². The van der Waals surface area contributed by atoms with Gasteiger partial charge in [-0.15, -0.1) is 0 Å². The molecule has 1 aliphatic carbocycles. The summed E-state index contributed by atoms with van der Waals surface area (Å²) >= 11 is 12.1. The van der Waals surface area contributed by atoms with Gasteiger partial charge in [0.2, 0.25) is 0 Å².